The van der Waals surface area contributed by atoms with E-state index >= 15 is 0 Å². The summed E-state index contributed by atoms with van der Waals surface area (Å²) in [6, 6.07) is 26.9. The van der Waals surface area contributed by atoms with Crippen LogP contribution in [0.5, 0.6) is 0 Å². The first-order chi connectivity index (χ1) is 13.4. The van der Waals surface area contributed by atoms with Crippen LogP contribution in [0.4, 0.5) is 0 Å². The van der Waals surface area contributed by atoms with Gasteiger partial charge in [-0.2, -0.15) is 0 Å². The predicted octanol–water partition coefficient (Wildman–Crippen LogP) is 5.00. The molecule has 3 aromatic rings. The molecule has 3 aromatic carbocycles. The summed E-state index contributed by atoms with van der Waals surface area (Å²) in [5.74, 6) is 0. The molecule has 142 valence electrons. The van der Waals surface area contributed by atoms with Crippen molar-refractivity contribution in [1.29, 1.82) is 0 Å². The van der Waals surface area contributed by atoms with Crippen molar-refractivity contribution >= 4 is 15.7 Å². The number of rotatable bonds is 4. The van der Waals surface area contributed by atoms with Crippen LogP contribution in [0, 0.1) is 6.92 Å². The molecule has 0 amide bonds. The first kappa shape index (κ1) is 18.5. The second-order valence-corrected chi connectivity index (χ2v) is 9.37. The van der Waals surface area contributed by atoms with Crippen LogP contribution >= 0.6 is 0 Å². The number of benzene rings is 3. The molecule has 0 aromatic heterocycles. The quantitative estimate of drug-likeness (QED) is 0.630. The molecule has 4 heteroatoms. The van der Waals surface area contributed by atoms with Gasteiger partial charge in [0.15, 0.2) is 0 Å². The normalized spacial score (nSPS) is 19.5. The Morgan fingerprint density at radius 3 is 2.00 bits per heavy atom. The Bertz CT molecular complexity index is 1100. The minimum atomic E-state index is -3.67. The van der Waals surface area contributed by atoms with Crippen molar-refractivity contribution in [2.24, 2.45) is 0 Å². The van der Waals surface area contributed by atoms with Crippen LogP contribution in [0.2, 0.25) is 0 Å². The van der Waals surface area contributed by atoms with Crippen molar-refractivity contribution in [2.75, 3.05) is 6.54 Å². The molecule has 0 saturated carbocycles. The number of sulfonamides is 1. The third-order valence-corrected chi connectivity index (χ3v) is 7.08. The third kappa shape index (κ3) is 3.25. The van der Waals surface area contributed by atoms with Gasteiger partial charge < -0.3 is 0 Å². The minimum absolute atomic E-state index is 0.317. The van der Waals surface area contributed by atoms with E-state index in [1.165, 1.54) is 0 Å². The fourth-order valence-corrected chi connectivity index (χ4v) is 5.27. The van der Waals surface area contributed by atoms with Crippen LogP contribution < -0.4 is 0 Å². The summed E-state index contributed by atoms with van der Waals surface area (Å²) in [5.41, 5.74) is 3.37. The Morgan fingerprint density at radius 1 is 0.821 bits per heavy atom. The summed E-state index contributed by atoms with van der Waals surface area (Å²) in [5, 5.41) is 0. The summed E-state index contributed by atoms with van der Waals surface area (Å²) in [4.78, 5) is 0.317. The van der Waals surface area contributed by atoms with Crippen LogP contribution in [0.25, 0.3) is 5.70 Å². The van der Waals surface area contributed by atoms with Gasteiger partial charge in [0.1, 0.15) is 0 Å². The molecule has 1 unspecified atom stereocenters. The zero-order chi connectivity index (χ0) is 19.8. The lowest BCUT2D eigenvalue weighted by Crippen LogP contribution is -2.34. The Kier molecular flexibility index (Phi) is 4.60. The highest BCUT2D eigenvalue weighted by molar-refractivity contribution is 7.89. The van der Waals surface area contributed by atoms with Crippen molar-refractivity contribution < 1.29 is 8.42 Å². The Morgan fingerprint density at radius 2 is 1.39 bits per heavy atom. The number of aryl methyl sites for hydroxylation is 1. The lowest BCUT2D eigenvalue weighted by atomic mass is 9.83. The van der Waals surface area contributed by atoms with Crippen LogP contribution in [-0.4, -0.2) is 19.3 Å². The topological polar surface area (TPSA) is 37.4 Å². The molecule has 4 rings (SSSR count). The van der Waals surface area contributed by atoms with Crippen LogP contribution in [0.15, 0.2) is 95.9 Å². The molecule has 0 saturated heterocycles. The summed E-state index contributed by atoms with van der Waals surface area (Å²) >= 11 is 0. The van der Waals surface area contributed by atoms with Gasteiger partial charge in [0, 0.05) is 12.0 Å². The van der Waals surface area contributed by atoms with Crippen LogP contribution in [0.3, 0.4) is 0 Å². The van der Waals surface area contributed by atoms with Gasteiger partial charge in [0.05, 0.1) is 10.6 Å². The molecule has 1 atom stereocenters. The van der Waals surface area contributed by atoms with Gasteiger partial charge in [-0.25, -0.2) is 8.42 Å². The fraction of sp³-hybridized carbons (Fsp3) is 0.167. The summed E-state index contributed by atoms with van der Waals surface area (Å²) in [7, 11) is -3.67. The standard InChI is InChI=1S/C24H23NO2S/c1-19-13-15-22(16-14-19)28(26,27)25-18-24(2,21-11-7-4-8-12-21)17-23(25)20-9-5-3-6-10-20/h3-17H,18H2,1-2H3. The predicted molar refractivity (Wildman–Crippen MR) is 113 cm³/mol. The maximum atomic E-state index is 13.5. The van der Waals surface area contributed by atoms with E-state index in [9.17, 15) is 8.42 Å². The average Bonchev–Trinajstić information content (AvgIpc) is 3.10. The third-order valence-electron chi connectivity index (χ3n) is 5.31. The Balaban J connectivity index is 1.84. The highest BCUT2D eigenvalue weighted by atomic mass is 32.2. The summed E-state index contributed by atoms with van der Waals surface area (Å²) in [6.45, 7) is 4.42. The van der Waals surface area contributed by atoms with Gasteiger partial charge >= 0.3 is 0 Å². The van der Waals surface area contributed by atoms with Crippen LogP contribution in [-0.2, 0) is 15.4 Å². The van der Waals surface area contributed by atoms with Crippen molar-refractivity contribution in [3.63, 3.8) is 0 Å². The minimum Gasteiger partial charge on any atom is -0.265 e. The maximum absolute atomic E-state index is 13.5. The molecule has 0 spiro atoms. The second kappa shape index (κ2) is 6.95. The summed E-state index contributed by atoms with van der Waals surface area (Å²) < 4.78 is 28.6. The van der Waals surface area contributed by atoms with Crippen molar-refractivity contribution in [2.45, 2.75) is 24.2 Å². The SMILES string of the molecule is Cc1ccc(S(=O)(=O)N2CC(C)(c3ccccc3)C=C2c2ccccc2)cc1. The van der Waals surface area contributed by atoms with Gasteiger partial charge in [0.25, 0.3) is 10.0 Å². The van der Waals surface area contributed by atoms with E-state index in [4.69, 9.17) is 0 Å². The molecule has 0 fully saturated rings. The molecule has 0 bridgehead atoms. The highest BCUT2D eigenvalue weighted by Gasteiger charge is 2.41. The number of nitrogens with zero attached hydrogens (tertiary/aromatic N) is 1. The van der Waals surface area contributed by atoms with E-state index in [-0.39, 0.29) is 0 Å². The highest BCUT2D eigenvalue weighted by Crippen LogP contribution is 2.41. The van der Waals surface area contributed by atoms with E-state index < -0.39 is 15.4 Å². The molecule has 1 aliphatic rings. The average molecular weight is 390 g/mol. The molecule has 1 heterocycles. The Hall–Kier alpha value is -2.85. The molecule has 0 radical (unpaired) electrons. The zero-order valence-corrected chi connectivity index (χ0v) is 16.9. The molecule has 1 aliphatic heterocycles. The van der Waals surface area contributed by atoms with Gasteiger partial charge in [-0.15, -0.1) is 0 Å². The number of hydrogen-bond acceptors (Lipinski definition) is 2. The van der Waals surface area contributed by atoms with E-state index in [2.05, 4.69) is 25.1 Å². The van der Waals surface area contributed by atoms with E-state index in [0.29, 0.717) is 11.4 Å². The lowest BCUT2D eigenvalue weighted by molar-refractivity contribution is 0.468. The lowest BCUT2D eigenvalue weighted by Gasteiger charge is -2.27. The fourth-order valence-electron chi connectivity index (χ4n) is 3.68. The van der Waals surface area contributed by atoms with Crippen LogP contribution in [0.1, 0.15) is 23.6 Å². The summed E-state index contributed by atoms with van der Waals surface area (Å²) in [6.07, 6.45) is 2.09. The molecule has 0 aliphatic carbocycles. The van der Waals surface area contributed by atoms with Gasteiger partial charge in [-0.1, -0.05) is 85.3 Å². The van der Waals surface area contributed by atoms with E-state index in [0.717, 1.165) is 22.4 Å². The van der Waals surface area contributed by atoms with Crippen molar-refractivity contribution in [3.8, 4) is 0 Å². The molecule has 28 heavy (non-hydrogen) atoms. The monoisotopic (exact) mass is 389 g/mol. The molecule has 0 N–H and O–H groups in total. The maximum Gasteiger partial charge on any atom is 0.264 e. The first-order valence-corrected chi connectivity index (χ1v) is 10.8. The van der Waals surface area contributed by atoms with Crippen molar-refractivity contribution in [3.05, 3.63) is 108 Å². The smallest absolute Gasteiger partial charge is 0.264 e. The van der Waals surface area contributed by atoms with Crippen molar-refractivity contribution in [1.82, 2.24) is 4.31 Å². The zero-order valence-electron chi connectivity index (χ0n) is 16.0. The molecule has 3 nitrogen and oxygen atoms in total. The van der Waals surface area contributed by atoms with E-state index in [1.807, 2.05) is 67.6 Å². The van der Waals surface area contributed by atoms with Gasteiger partial charge in [-0.05, 0) is 36.3 Å². The molecular formula is C24H23NO2S. The molecular weight excluding hydrogens is 366 g/mol. The Labute approximate surface area is 167 Å². The largest absolute Gasteiger partial charge is 0.265 e. The second-order valence-electron chi connectivity index (χ2n) is 7.50. The first-order valence-electron chi connectivity index (χ1n) is 9.33. The van der Waals surface area contributed by atoms with Gasteiger partial charge in [0.2, 0.25) is 0 Å². The van der Waals surface area contributed by atoms with Gasteiger partial charge in [-0.3, -0.25) is 4.31 Å². The van der Waals surface area contributed by atoms with E-state index in [1.54, 1.807) is 16.4 Å². The number of hydrogen-bond donors (Lipinski definition) is 0.